The molecule has 0 bridgehead atoms. The van der Waals surface area contributed by atoms with Gasteiger partial charge in [0.15, 0.2) is 11.5 Å². The number of carbonyl (C=O) groups is 1. The maximum atomic E-state index is 12.7. The highest BCUT2D eigenvalue weighted by molar-refractivity contribution is 5.99. The normalized spacial score (nSPS) is 10.6. The lowest BCUT2D eigenvalue weighted by Crippen LogP contribution is -2.01. The third-order valence-electron chi connectivity index (χ3n) is 1.69. The van der Waals surface area contributed by atoms with Crippen LogP contribution in [0.3, 0.4) is 0 Å². The van der Waals surface area contributed by atoms with Crippen LogP contribution in [0.15, 0.2) is 12.3 Å². The van der Waals surface area contributed by atoms with Gasteiger partial charge in [0.2, 0.25) is 5.95 Å². The Kier molecular flexibility index (Phi) is 1.60. The Morgan fingerprint density at radius 1 is 1.64 bits per heavy atom. The molecule has 2 rings (SSSR count). The van der Waals surface area contributed by atoms with E-state index in [2.05, 4.69) is 10.1 Å². The molecule has 0 saturated carbocycles. The van der Waals surface area contributed by atoms with E-state index >= 15 is 0 Å². The molecule has 0 fully saturated rings. The summed E-state index contributed by atoms with van der Waals surface area (Å²) in [5, 5.41) is 12.4. The number of nitrogens with zero attached hydrogens (tertiary/aromatic N) is 3. The third-order valence-corrected chi connectivity index (χ3v) is 1.69. The molecular formula is C7H5FN4O2. The molecule has 2 aromatic rings. The van der Waals surface area contributed by atoms with Gasteiger partial charge < -0.3 is 10.8 Å². The number of nitrogens with two attached hydrogens (primary N) is 1. The third kappa shape index (κ3) is 1.06. The zero-order valence-electron chi connectivity index (χ0n) is 6.81. The van der Waals surface area contributed by atoms with E-state index in [9.17, 15) is 9.18 Å². The summed E-state index contributed by atoms with van der Waals surface area (Å²) in [7, 11) is 0. The SMILES string of the molecule is Nc1nn2ccc(F)nc2c1C(=O)O. The molecule has 3 N–H and O–H groups in total. The summed E-state index contributed by atoms with van der Waals surface area (Å²) in [4.78, 5) is 14.1. The quantitative estimate of drug-likeness (QED) is 0.633. The fourth-order valence-corrected chi connectivity index (χ4v) is 1.13. The van der Waals surface area contributed by atoms with E-state index in [1.54, 1.807) is 0 Å². The van der Waals surface area contributed by atoms with Gasteiger partial charge in [0.25, 0.3) is 0 Å². The first-order valence-electron chi connectivity index (χ1n) is 3.63. The van der Waals surface area contributed by atoms with Crippen molar-refractivity contribution in [3.05, 3.63) is 23.8 Å². The highest BCUT2D eigenvalue weighted by atomic mass is 19.1. The van der Waals surface area contributed by atoms with Crippen LogP contribution in [0.2, 0.25) is 0 Å². The first kappa shape index (κ1) is 8.42. The van der Waals surface area contributed by atoms with E-state index in [1.807, 2.05) is 0 Å². The number of aromatic nitrogens is 3. The number of fused-ring (bicyclic) bond motifs is 1. The minimum atomic E-state index is -1.28. The average molecular weight is 196 g/mol. The minimum absolute atomic E-state index is 0.102. The predicted molar refractivity (Wildman–Crippen MR) is 44.3 cm³/mol. The molecule has 0 unspecified atom stereocenters. The molecule has 0 radical (unpaired) electrons. The molecule has 2 aromatic heterocycles. The fraction of sp³-hybridized carbons (Fsp3) is 0. The Hall–Kier alpha value is -2.18. The minimum Gasteiger partial charge on any atom is -0.477 e. The summed E-state index contributed by atoms with van der Waals surface area (Å²) in [5.74, 6) is -2.24. The van der Waals surface area contributed by atoms with Gasteiger partial charge in [0.1, 0.15) is 5.56 Å². The Morgan fingerprint density at radius 2 is 2.36 bits per heavy atom. The summed E-state index contributed by atoms with van der Waals surface area (Å²) in [6, 6.07) is 1.06. The molecule has 0 atom stereocenters. The summed E-state index contributed by atoms with van der Waals surface area (Å²) >= 11 is 0. The number of hydrogen-bond acceptors (Lipinski definition) is 4. The summed E-state index contributed by atoms with van der Waals surface area (Å²) in [6.45, 7) is 0. The fourth-order valence-electron chi connectivity index (χ4n) is 1.13. The van der Waals surface area contributed by atoms with E-state index in [4.69, 9.17) is 10.8 Å². The van der Waals surface area contributed by atoms with Crippen LogP contribution in [0.25, 0.3) is 5.65 Å². The van der Waals surface area contributed by atoms with Gasteiger partial charge in [-0.2, -0.15) is 9.37 Å². The van der Waals surface area contributed by atoms with E-state index < -0.39 is 11.9 Å². The van der Waals surface area contributed by atoms with Gasteiger partial charge in [-0.25, -0.2) is 9.31 Å². The number of halogens is 1. The second-order valence-corrected chi connectivity index (χ2v) is 2.58. The van der Waals surface area contributed by atoms with E-state index in [1.165, 1.54) is 6.20 Å². The monoisotopic (exact) mass is 196 g/mol. The Labute approximate surface area is 76.8 Å². The van der Waals surface area contributed by atoms with Crippen LogP contribution in [0, 0.1) is 5.95 Å². The van der Waals surface area contributed by atoms with Crippen LogP contribution in [0.1, 0.15) is 10.4 Å². The van der Waals surface area contributed by atoms with Gasteiger partial charge in [-0.05, 0) is 0 Å². The molecule has 6 nitrogen and oxygen atoms in total. The lowest BCUT2D eigenvalue weighted by molar-refractivity contribution is 0.0700. The van der Waals surface area contributed by atoms with Crippen molar-refractivity contribution in [2.24, 2.45) is 0 Å². The summed E-state index contributed by atoms with van der Waals surface area (Å²) in [6.07, 6.45) is 1.25. The van der Waals surface area contributed by atoms with Gasteiger partial charge in [-0.1, -0.05) is 0 Å². The molecule has 0 saturated heterocycles. The number of rotatable bonds is 1. The van der Waals surface area contributed by atoms with Crippen molar-refractivity contribution in [3.63, 3.8) is 0 Å². The summed E-state index contributed by atoms with van der Waals surface area (Å²) < 4.78 is 13.8. The molecule has 0 aliphatic carbocycles. The van der Waals surface area contributed by atoms with Gasteiger partial charge in [0, 0.05) is 12.3 Å². The van der Waals surface area contributed by atoms with Gasteiger partial charge in [-0.3, -0.25) is 0 Å². The topological polar surface area (TPSA) is 93.5 Å². The van der Waals surface area contributed by atoms with E-state index in [0.29, 0.717) is 0 Å². The van der Waals surface area contributed by atoms with Gasteiger partial charge in [-0.15, -0.1) is 5.10 Å². The number of aromatic carboxylic acids is 1. The first-order chi connectivity index (χ1) is 6.59. The lowest BCUT2D eigenvalue weighted by Gasteiger charge is -1.92. The Morgan fingerprint density at radius 3 is 3.00 bits per heavy atom. The smallest absolute Gasteiger partial charge is 0.343 e. The molecule has 72 valence electrons. The van der Waals surface area contributed by atoms with Crippen molar-refractivity contribution < 1.29 is 14.3 Å². The molecule has 0 amide bonds. The number of anilines is 1. The molecular weight excluding hydrogens is 191 g/mol. The average Bonchev–Trinajstić information content (AvgIpc) is 2.40. The second kappa shape index (κ2) is 2.66. The van der Waals surface area contributed by atoms with Crippen LogP contribution in [0.5, 0.6) is 0 Å². The number of nitrogen functional groups attached to an aromatic ring is 1. The van der Waals surface area contributed by atoms with Crippen molar-refractivity contribution >= 4 is 17.4 Å². The van der Waals surface area contributed by atoms with Crippen LogP contribution >= 0.6 is 0 Å². The Bertz CT molecular complexity index is 522. The van der Waals surface area contributed by atoms with Crippen LogP contribution < -0.4 is 5.73 Å². The van der Waals surface area contributed by atoms with Crippen LogP contribution in [0.4, 0.5) is 10.2 Å². The van der Waals surface area contributed by atoms with Crippen LogP contribution in [-0.4, -0.2) is 25.7 Å². The molecule has 14 heavy (non-hydrogen) atoms. The largest absolute Gasteiger partial charge is 0.477 e. The maximum absolute atomic E-state index is 12.7. The van der Waals surface area contributed by atoms with Crippen molar-refractivity contribution in [1.29, 1.82) is 0 Å². The van der Waals surface area contributed by atoms with E-state index in [0.717, 1.165) is 10.6 Å². The van der Waals surface area contributed by atoms with Crippen molar-refractivity contribution in [2.45, 2.75) is 0 Å². The first-order valence-corrected chi connectivity index (χ1v) is 3.63. The number of carboxylic acid groups (broad SMARTS) is 1. The predicted octanol–water partition coefficient (Wildman–Crippen LogP) is 0.149. The second-order valence-electron chi connectivity index (χ2n) is 2.58. The lowest BCUT2D eigenvalue weighted by atomic mass is 10.3. The summed E-state index contributed by atoms with van der Waals surface area (Å²) in [5.41, 5.74) is 4.94. The van der Waals surface area contributed by atoms with E-state index in [-0.39, 0.29) is 17.0 Å². The Balaban J connectivity index is 2.86. The highest BCUT2D eigenvalue weighted by Crippen LogP contribution is 2.15. The molecule has 2 heterocycles. The molecule has 0 aliphatic rings. The number of carboxylic acids is 1. The molecule has 0 aromatic carbocycles. The van der Waals surface area contributed by atoms with Crippen molar-refractivity contribution in [2.75, 3.05) is 5.73 Å². The number of hydrogen-bond donors (Lipinski definition) is 2. The molecule has 7 heteroatoms. The molecule has 0 spiro atoms. The van der Waals surface area contributed by atoms with Crippen molar-refractivity contribution in [3.8, 4) is 0 Å². The standard InChI is InChI=1S/C7H5FN4O2/c8-3-1-2-12-6(10-3)4(7(13)14)5(9)11-12/h1-2H,(H2,9,11)(H,13,14). The zero-order valence-corrected chi connectivity index (χ0v) is 6.81. The van der Waals surface area contributed by atoms with Gasteiger partial charge in [0.05, 0.1) is 0 Å². The maximum Gasteiger partial charge on any atom is 0.343 e. The molecule has 0 aliphatic heterocycles. The van der Waals surface area contributed by atoms with Crippen molar-refractivity contribution in [1.82, 2.24) is 14.6 Å². The zero-order chi connectivity index (χ0) is 10.3. The highest BCUT2D eigenvalue weighted by Gasteiger charge is 2.18. The van der Waals surface area contributed by atoms with Crippen LogP contribution in [-0.2, 0) is 0 Å². The van der Waals surface area contributed by atoms with Gasteiger partial charge >= 0.3 is 5.97 Å².